The molecule has 3 nitrogen and oxygen atoms in total. The van der Waals surface area contributed by atoms with E-state index in [-0.39, 0.29) is 10.6 Å². The maximum absolute atomic E-state index is 13.9. The topological polar surface area (TPSA) is 38.1 Å². The van der Waals surface area contributed by atoms with Gasteiger partial charge in [0.05, 0.1) is 16.8 Å². The number of halogens is 2. The summed E-state index contributed by atoms with van der Waals surface area (Å²) in [7, 11) is 0. The molecule has 1 heterocycles. The van der Waals surface area contributed by atoms with Crippen molar-refractivity contribution in [1.29, 1.82) is 0 Å². The normalized spacial score (nSPS) is 11.8. The van der Waals surface area contributed by atoms with Gasteiger partial charge in [-0.05, 0) is 32.9 Å². The standard InChI is InChI=1S/C15H18ClFN2O/c1-15(2,3)19-8-7-13-18-9-12(20-13)10-5-4-6-11(16)14(10)17/h4-6,9,19H,7-8H2,1-3H3. The van der Waals surface area contributed by atoms with Crippen molar-refractivity contribution in [3.05, 3.63) is 41.1 Å². The van der Waals surface area contributed by atoms with Crippen molar-refractivity contribution < 1.29 is 8.81 Å². The van der Waals surface area contributed by atoms with Crippen molar-refractivity contribution >= 4 is 11.6 Å². The van der Waals surface area contributed by atoms with E-state index in [2.05, 4.69) is 31.1 Å². The van der Waals surface area contributed by atoms with E-state index in [0.717, 1.165) is 6.54 Å². The van der Waals surface area contributed by atoms with E-state index < -0.39 is 5.82 Å². The van der Waals surface area contributed by atoms with Crippen LogP contribution in [0.25, 0.3) is 11.3 Å². The van der Waals surface area contributed by atoms with Gasteiger partial charge >= 0.3 is 0 Å². The Balaban J connectivity index is 2.07. The van der Waals surface area contributed by atoms with Crippen molar-refractivity contribution in [2.45, 2.75) is 32.7 Å². The number of rotatable bonds is 4. The first-order valence-electron chi connectivity index (χ1n) is 6.51. The Bertz CT molecular complexity index is 590. The molecule has 1 aromatic carbocycles. The third-order valence-electron chi connectivity index (χ3n) is 2.76. The molecule has 2 aromatic rings. The summed E-state index contributed by atoms with van der Waals surface area (Å²) < 4.78 is 19.4. The molecule has 0 fully saturated rings. The SMILES string of the molecule is CC(C)(C)NCCc1ncc(-c2cccc(Cl)c2F)o1. The van der Waals surface area contributed by atoms with E-state index in [0.29, 0.717) is 23.6 Å². The average molecular weight is 297 g/mol. The third-order valence-corrected chi connectivity index (χ3v) is 3.06. The molecule has 1 N–H and O–H groups in total. The molecular formula is C15H18ClFN2O. The Hall–Kier alpha value is -1.39. The fourth-order valence-electron chi connectivity index (χ4n) is 1.79. The van der Waals surface area contributed by atoms with Gasteiger partial charge in [-0.1, -0.05) is 17.7 Å². The molecule has 0 atom stereocenters. The summed E-state index contributed by atoms with van der Waals surface area (Å²) >= 11 is 5.76. The van der Waals surface area contributed by atoms with Gasteiger partial charge < -0.3 is 9.73 Å². The fourth-order valence-corrected chi connectivity index (χ4v) is 1.96. The van der Waals surface area contributed by atoms with E-state index in [9.17, 15) is 4.39 Å². The van der Waals surface area contributed by atoms with Crippen molar-refractivity contribution in [2.24, 2.45) is 0 Å². The monoisotopic (exact) mass is 296 g/mol. The fraction of sp³-hybridized carbons (Fsp3) is 0.400. The maximum atomic E-state index is 13.9. The number of hydrogen-bond acceptors (Lipinski definition) is 3. The highest BCUT2D eigenvalue weighted by Crippen LogP contribution is 2.28. The molecule has 2 rings (SSSR count). The number of aromatic nitrogens is 1. The smallest absolute Gasteiger partial charge is 0.196 e. The van der Waals surface area contributed by atoms with Crippen LogP contribution in [-0.2, 0) is 6.42 Å². The van der Waals surface area contributed by atoms with Gasteiger partial charge in [0.2, 0.25) is 0 Å². The van der Waals surface area contributed by atoms with Crippen LogP contribution in [0, 0.1) is 5.82 Å². The highest BCUT2D eigenvalue weighted by molar-refractivity contribution is 6.31. The second-order valence-corrected chi connectivity index (χ2v) is 6.05. The molecule has 1 aromatic heterocycles. The molecule has 0 aliphatic heterocycles. The summed E-state index contributed by atoms with van der Waals surface area (Å²) in [6.45, 7) is 7.03. The lowest BCUT2D eigenvalue weighted by Gasteiger charge is -2.19. The van der Waals surface area contributed by atoms with Crippen LogP contribution in [0.15, 0.2) is 28.8 Å². The summed E-state index contributed by atoms with van der Waals surface area (Å²) in [6.07, 6.45) is 2.18. The van der Waals surface area contributed by atoms with Crippen LogP contribution >= 0.6 is 11.6 Å². The van der Waals surface area contributed by atoms with Crippen LogP contribution < -0.4 is 5.32 Å². The molecule has 0 radical (unpaired) electrons. The molecule has 0 saturated carbocycles. The maximum Gasteiger partial charge on any atom is 0.196 e. The number of oxazole rings is 1. The molecule has 0 saturated heterocycles. The van der Waals surface area contributed by atoms with E-state index >= 15 is 0 Å². The Morgan fingerprint density at radius 1 is 1.35 bits per heavy atom. The largest absolute Gasteiger partial charge is 0.441 e. The van der Waals surface area contributed by atoms with Crippen molar-refractivity contribution in [2.75, 3.05) is 6.54 Å². The Morgan fingerprint density at radius 3 is 2.80 bits per heavy atom. The van der Waals surface area contributed by atoms with Gasteiger partial charge in [0.1, 0.15) is 0 Å². The zero-order chi connectivity index (χ0) is 14.8. The van der Waals surface area contributed by atoms with Gasteiger partial charge in [0, 0.05) is 18.5 Å². The lowest BCUT2D eigenvalue weighted by Crippen LogP contribution is -2.37. The first-order valence-corrected chi connectivity index (χ1v) is 6.89. The summed E-state index contributed by atoms with van der Waals surface area (Å²) in [5, 5.41) is 3.42. The summed E-state index contributed by atoms with van der Waals surface area (Å²) in [6, 6.07) is 4.81. The molecule has 0 bridgehead atoms. The minimum atomic E-state index is -0.482. The Labute approximate surface area is 123 Å². The quantitative estimate of drug-likeness (QED) is 0.924. The first kappa shape index (κ1) is 15.0. The van der Waals surface area contributed by atoms with Crippen LogP contribution in [0.2, 0.25) is 5.02 Å². The zero-order valence-corrected chi connectivity index (χ0v) is 12.6. The van der Waals surface area contributed by atoms with Gasteiger partial charge in [-0.3, -0.25) is 0 Å². The Kier molecular flexibility index (Phi) is 4.45. The lowest BCUT2D eigenvalue weighted by atomic mass is 10.1. The molecule has 108 valence electrons. The van der Waals surface area contributed by atoms with Gasteiger partial charge in [-0.2, -0.15) is 0 Å². The van der Waals surface area contributed by atoms with E-state index in [1.165, 1.54) is 12.3 Å². The molecule has 0 unspecified atom stereocenters. The summed E-state index contributed by atoms with van der Waals surface area (Å²) in [4.78, 5) is 4.17. The highest BCUT2D eigenvalue weighted by atomic mass is 35.5. The molecule has 0 amide bonds. The van der Waals surface area contributed by atoms with Gasteiger partial charge in [0.25, 0.3) is 0 Å². The predicted molar refractivity (Wildman–Crippen MR) is 78.4 cm³/mol. The van der Waals surface area contributed by atoms with Crippen LogP contribution in [0.3, 0.4) is 0 Å². The summed E-state index contributed by atoms with van der Waals surface area (Å²) in [5.74, 6) is 0.497. The van der Waals surface area contributed by atoms with Crippen molar-refractivity contribution in [1.82, 2.24) is 10.3 Å². The van der Waals surface area contributed by atoms with E-state index in [1.807, 2.05) is 0 Å². The van der Waals surface area contributed by atoms with Crippen molar-refractivity contribution in [3.63, 3.8) is 0 Å². The molecule has 5 heteroatoms. The minimum Gasteiger partial charge on any atom is -0.441 e. The Morgan fingerprint density at radius 2 is 2.10 bits per heavy atom. The second kappa shape index (κ2) is 5.94. The number of nitrogens with zero attached hydrogens (tertiary/aromatic N) is 1. The van der Waals surface area contributed by atoms with E-state index in [1.54, 1.807) is 12.1 Å². The molecular weight excluding hydrogens is 279 g/mol. The summed E-state index contributed by atoms with van der Waals surface area (Å²) in [5.41, 5.74) is 0.383. The zero-order valence-electron chi connectivity index (χ0n) is 11.8. The first-order chi connectivity index (χ1) is 9.37. The molecule has 20 heavy (non-hydrogen) atoms. The number of nitrogens with one attached hydrogen (secondary N) is 1. The number of benzene rings is 1. The third kappa shape index (κ3) is 3.81. The van der Waals surface area contributed by atoms with Crippen LogP contribution in [0.1, 0.15) is 26.7 Å². The molecule has 0 aliphatic carbocycles. The van der Waals surface area contributed by atoms with Crippen LogP contribution in [0.5, 0.6) is 0 Å². The molecule has 0 aliphatic rings. The van der Waals surface area contributed by atoms with Gasteiger partial charge in [-0.25, -0.2) is 9.37 Å². The van der Waals surface area contributed by atoms with Crippen LogP contribution in [0.4, 0.5) is 4.39 Å². The second-order valence-electron chi connectivity index (χ2n) is 5.65. The minimum absolute atomic E-state index is 0.0501. The van der Waals surface area contributed by atoms with Crippen LogP contribution in [-0.4, -0.2) is 17.1 Å². The van der Waals surface area contributed by atoms with E-state index in [4.69, 9.17) is 16.0 Å². The van der Waals surface area contributed by atoms with Gasteiger partial charge in [-0.15, -0.1) is 0 Å². The highest BCUT2D eigenvalue weighted by Gasteiger charge is 2.14. The average Bonchev–Trinajstić information content (AvgIpc) is 2.79. The van der Waals surface area contributed by atoms with Gasteiger partial charge in [0.15, 0.2) is 17.5 Å². The number of hydrogen-bond donors (Lipinski definition) is 1. The molecule has 0 spiro atoms. The predicted octanol–water partition coefficient (Wildman–Crippen LogP) is 4.06. The van der Waals surface area contributed by atoms with Crippen molar-refractivity contribution in [3.8, 4) is 11.3 Å². The lowest BCUT2D eigenvalue weighted by molar-refractivity contribution is 0.411.